The van der Waals surface area contributed by atoms with E-state index in [1.54, 1.807) is 7.05 Å². The van der Waals surface area contributed by atoms with E-state index in [4.69, 9.17) is 0 Å². The molecule has 0 fully saturated rings. The van der Waals surface area contributed by atoms with Crippen molar-refractivity contribution < 1.29 is 9.59 Å². The van der Waals surface area contributed by atoms with E-state index in [0.717, 1.165) is 0 Å². The highest BCUT2D eigenvalue weighted by Gasteiger charge is 2.28. The second-order valence-corrected chi connectivity index (χ2v) is 6.74. The van der Waals surface area contributed by atoms with Crippen LogP contribution in [0.5, 0.6) is 0 Å². The van der Waals surface area contributed by atoms with E-state index in [-0.39, 0.29) is 28.4 Å². The van der Waals surface area contributed by atoms with E-state index < -0.39 is 0 Å². The van der Waals surface area contributed by atoms with Crippen molar-refractivity contribution in [3.05, 3.63) is 0 Å². The molecule has 0 aliphatic heterocycles. The van der Waals surface area contributed by atoms with Crippen molar-refractivity contribution in [3.63, 3.8) is 0 Å². The highest BCUT2D eigenvalue weighted by atomic mass is 16.1. The van der Waals surface area contributed by atoms with Crippen LogP contribution in [0.3, 0.4) is 0 Å². The average Bonchev–Trinajstić information content (AvgIpc) is 2.13. The topological polar surface area (TPSA) is 46.2 Å². The molecule has 0 unspecified atom stereocenters. The first-order chi connectivity index (χ1) is 7.48. The predicted molar refractivity (Wildman–Crippen MR) is 71.0 cm³/mol. The molecule has 0 saturated carbocycles. The first kappa shape index (κ1) is 16.3. The molecular formula is C14H27NO2. The van der Waals surface area contributed by atoms with E-state index in [1.165, 1.54) is 0 Å². The van der Waals surface area contributed by atoms with Crippen LogP contribution in [-0.2, 0) is 9.59 Å². The largest absolute Gasteiger partial charge is 0.316 e. The fourth-order valence-electron chi connectivity index (χ4n) is 1.34. The van der Waals surface area contributed by atoms with Gasteiger partial charge in [-0.2, -0.15) is 0 Å². The van der Waals surface area contributed by atoms with Crippen molar-refractivity contribution >= 4 is 11.6 Å². The number of Topliss-reactive ketones (excluding diaryl/α,β-unsaturated/α-hetero) is 2. The molecule has 0 aliphatic carbocycles. The van der Waals surface area contributed by atoms with Crippen LogP contribution in [0.25, 0.3) is 0 Å². The lowest BCUT2D eigenvalue weighted by atomic mass is 9.83. The Balaban J connectivity index is 4.47. The van der Waals surface area contributed by atoms with Gasteiger partial charge in [-0.1, -0.05) is 41.5 Å². The summed E-state index contributed by atoms with van der Waals surface area (Å²) in [4.78, 5) is 23.8. The first-order valence-corrected chi connectivity index (χ1v) is 6.22. The zero-order chi connectivity index (χ0) is 13.9. The smallest absolute Gasteiger partial charge is 0.139 e. The average molecular weight is 241 g/mol. The predicted octanol–water partition coefficient (Wildman–Crippen LogP) is 2.58. The van der Waals surface area contributed by atoms with Crippen LogP contribution in [0, 0.1) is 10.8 Å². The number of carbonyl (C=O) groups excluding carboxylic acids is 2. The van der Waals surface area contributed by atoms with Gasteiger partial charge in [-0.05, 0) is 7.05 Å². The second kappa shape index (κ2) is 5.76. The molecule has 0 aromatic carbocycles. The zero-order valence-corrected chi connectivity index (χ0v) is 12.3. The molecule has 1 N–H and O–H groups in total. The van der Waals surface area contributed by atoms with E-state index in [1.807, 2.05) is 41.5 Å². The minimum Gasteiger partial charge on any atom is -0.316 e. The molecule has 0 aliphatic rings. The maximum Gasteiger partial charge on any atom is 0.139 e. The molecule has 3 nitrogen and oxygen atoms in total. The fourth-order valence-corrected chi connectivity index (χ4v) is 1.34. The Morgan fingerprint density at radius 1 is 0.882 bits per heavy atom. The molecule has 0 rings (SSSR count). The third-order valence-corrected chi connectivity index (χ3v) is 2.94. The normalized spacial score (nSPS) is 12.9. The summed E-state index contributed by atoms with van der Waals surface area (Å²) in [5, 5.41) is 3.07. The summed E-state index contributed by atoms with van der Waals surface area (Å²) in [6, 6.07) is -0.0477. The van der Waals surface area contributed by atoms with Gasteiger partial charge in [0, 0.05) is 29.7 Å². The molecular weight excluding hydrogens is 214 g/mol. The van der Waals surface area contributed by atoms with Gasteiger partial charge in [0.2, 0.25) is 0 Å². The van der Waals surface area contributed by atoms with Crippen LogP contribution >= 0.6 is 0 Å². The monoisotopic (exact) mass is 241 g/mol. The summed E-state index contributed by atoms with van der Waals surface area (Å²) >= 11 is 0. The van der Waals surface area contributed by atoms with Gasteiger partial charge in [0.15, 0.2) is 0 Å². The first-order valence-electron chi connectivity index (χ1n) is 6.22. The number of ketones is 2. The Labute approximate surface area is 105 Å². The van der Waals surface area contributed by atoms with Crippen LogP contribution in [0.15, 0.2) is 0 Å². The number of nitrogens with one attached hydrogen (secondary N) is 1. The Morgan fingerprint density at radius 2 is 1.18 bits per heavy atom. The zero-order valence-electron chi connectivity index (χ0n) is 12.3. The maximum atomic E-state index is 11.9. The number of carbonyl (C=O) groups is 2. The molecule has 0 spiro atoms. The van der Waals surface area contributed by atoms with Crippen LogP contribution in [0.2, 0.25) is 0 Å². The fraction of sp³-hybridized carbons (Fsp3) is 0.857. The van der Waals surface area contributed by atoms with Crippen molar-refractivity contribution in [1.29, 1.82) is 0 Å². The van der Waals surface area contributed by atoms with Gasteiger partial charge in [0.05, 0.1) is 0 Å². The van der Waals surface area contributed by atoms with Crippen molar-refractivity contribution in [2.45, 2.75) is 60.4 Å². The van der Waals surface area contributed by atoms with Gasteiger partial charge in [0.1, 0.15) is 11.6 Å². The summed E-state index contributed by atoms with van der Waals surface area (Å²) in [6.07, 6.45) is 0.837. The van der Waals surface area contributed by atoms with E-state index >= 15 is 0 Å². The van der Waals surface area contributed by atoms with E-state index in [2.05, 4.69) is 5.32 Å². The van der Waals surface area contributed by atoms with E-state index in [0.29, 0.717) is 12.8 Å². The maximum absolute atomic E-state index is 11.9. The quantitative estimate of drug-likeness (QED) is 0.804. The summed E-state index contributed by atoms with van der Waals surface area (Å²) in [7, 11) is 1.80. The Bertz CT molecular complexity index is 254. The molecule has 0 saturated heterocycles. The van der Waals surface area contributed by atoms with Gasteiger partial charge in [-0.15, -0.1) is 0 Å². The summed E-state index contributed by atoms with van der Waals surface area (Å²) in [5.41, 5.74) is -0.667. The molecule has 0 aromatic heterocycles. The van der Waals surface area contributed by atoms with Crippen LogP contribution < -0.4 is 5.32 Å². The molecule has 0 radical (unpaired) electrons. The third kappa shape index (κ3) is 5.97. The number of hydrogen-bond acceptors (Lipinski definition) is 3. The Kier molecular flexibility index (Phi) is 5.53. The summed E-state index contributed by atoms with van der Waals surface area (Å²) < 4.78 is 0. The van der Waals surface area contributed by atoms with Crippen molar-refractivity contribution in [2.75, 3.05) is 7.05 Å². The Morgan fingerprint density at radius 3 is 1.35 bits per heavy atom. The molecule has 100 valence electrons. The minimum atomic E-state index is -0.333. The highest BCUT2D eigenvalue weighted by Crippen LogP contribution is 2.22. The van der Waals surface area contributed by atoms with Gasteiger partial charge in [0.25, 0.3) is 0 Å². The molecule has 3 heteroatoms. The molecule has 17 heavy (non-hydrogen) atoms. The summed E-state index contributed by atoms with van der Waals surface area (Å²) in [6.45, 7) is 11.5. The van der Waals surface area contributed by atoms with E-state index in [9.17, 15) is 9.59 Å². The van der Waals surface area contributed by atoms with Crippen LogP contribution in [-0.4, -0.2) is 24.7 Å². The van der Waals surface area contributed by atoms with Crippen LogP contribution in [0.1, 0.15) is 54.4 Å². The number of hydrogen-bond donors (Lipinski definition) is 1. The highest BCUT2D eigenvalue weighted by molar-refractivity contribution is 5.87. The lowest BCUT2D eigenvalue weighted by molar-refractivity contribution is -0.128. The van der Waals surface area contributed by atoms with Crippen molar-refractivity contribution in [1.82, 2.24) is 5.32 Å². The second-order valence-electron chi connectivity index (χ2n) is 6.74. The van der Waals surface area contributed by atoms with Gasteiger partial charge in [-0.25, -0.2) is 0 Å². The third-order valence-electron chi connectivity index (χ3n) is 2.94. The lowest BCUT2D eigenvalue weighted by Gasteiger charge is -2.24. The molecule has 0 amide bonds. The minimum absolute atomic E-state index is 0.0477. The SMILES string of the molecule is CNC(CC(=O)C(C)(C)C)CC(=O)C(C)(C)C. The molecule has 0 atom stereocenters. The van der Waals surface area contributed by atoms with Gasteiger partial charge < -0.3 is 5.32 Å². The van der Waals surface area contributed by atoms with Gasteiger partial charge in [-0.3, -0.25) is 9.59 Å². The standard InChI is InChI=1S/C14H27NO2/c1-13(2,3)11(16)8-10(15-7)9-12(17)14(4,5)6/h10,15H,8-9H2,1-7H3. The van der Waals surface area contributed by atoms with Crippen molar-refractivity contribution in [2.24, 2.45) is 10.8 Å². The molecule has 0 bridgehead atoms. The van der Waals surface area contributed by atoms with Gasteiger partial charge >= 0.3 is 0 Å². The Hall–Kier alpha value is -0.700. The number of rotatable bonds is 5. The molecule has 0 aromatic rings. The lowest BCUT2D eigenvalue weighted by Crippen LogP contribution is -2.36. The summed E-state index contributed by atoms with van der Waals surface area (Å²) in [5.74, 6) is 0.386. The van der Waals surface area contributed by atoms with Crippen LogP contribution in [0.4, 0.5) is 0 Å². The van der Waals surface area contributed by atoms with Crippen molar-refractivity contribution in [3.8, 4) is 0 Å². The molecule has 0 heterocycles.